The second-order valence-corrected chi connectivity index (χ2v) is 9.10. The third kappa shape index (κ3) is 4.53. The molecule has 5 rings (SSSR count). The standard InChI is InChI=1S/C25H25F3N6O/c1-32(13-15-3-4-15)34(14-16-5-8-18(9-6-16)25(26,27)28)24(35)17-7-10-21-19(11-17)22-20(23(29)31-21)12-30-33(22)2/h5-12,15H,3-4,13-14H2,1-2H3,(H2,29,31). The molecule has 7 nitrogen and oxygen atoms in total. The van der Waals surface area contributed by atoms with E-state index in [2.05, 4.69) is 10.1 Å². The highest BCUT2D eigenvalue weighted by Crippen LogP contribution is 2.32. The van der Waals surface area contributed by atoms with Crippen molar-refractivity contribution < 1.29 is 18.0 Å². The molecule has 0 radical (unpaired) electrons. The Labute approximate surface area is 199 Å². The summed E-state index contributed by atoms with van der Waals surface area (Å²) in [5.74, 6) is 0.635. The number of hydrogen-bond acceptors (Lipinski definition) is 5. The maximum Gasteiger partial charge on any atom is 0.416 e. The van der Waals surface area contributed by atoms with Gasteiger partial charge >= 0.3 is 6.18 Å². The lowest BCUT2D eigenvalue weighted by molar-refractivity contribution is -0.137. The molecule has 0 saturated heterocycles. The second kappa shape index (κ2) is 8.53. The summed E-state index contributed by atoms with van der Waals surface area (Å²) in [6.45, 7) is 0.851. The first kappa shape index (κ1) is 23.1. The van der Waals surface area contributed by atoms with Crippen LogP contribution >= 0.6 is 0 Å². The van der Waals surface area contributed by atoms with Crippen LogP contribution in [0.3, 0.4) is 0 Å². The zero-order chi connectivity index (χ0) is 24.9. The molecule has 0 unspecified atom stereocenters. The normalized spacial score (nSPS) is 14.2. The Kier molecular flexibility index (Phi) is 5.63. The molecule has 2 heterocycles. The summed E-state index contributed by atoms with van der Waals surface area (Å²) in [5.41, 5.74) is 7.85. The molecular formula is C25H25F3N6O. The van der Waals surface area contributed by atoms with Crippen LogP contribution in [0, 0.1) is 5.92 Å². The first-order valence-corrected chi connectivity index (χ1v) is 11.3. The number of carbonyl (C=O) groups excluding carboxylic acids is 1. The van der Waals surface area contributed by atoms with Crippen molar-refractivity contribution in [3.05, 3.63) is 65.4 Å². The molecule has 1 amide bonds. The number of aromatic nitrogens is 3. The molecule has 1 aliphatic carbocycles. The fraction of sp³-hybridized carbons (Fsp3) is 0.320. The number of alkyl halides is 3. The predicted molar refractivity (Wildman–Crippen MR) is 127 cm³/mol. The minimum atomic E-state index is -4.41. The molecule has 0 bridgehead atoms. The van der Waals surface area contributed by atoms with Gasteiger partial charge in [-0.3, -0.25) is 14.5 Å². The number of nitrogens with zero attached hydrogens (tertiary/aromatic N) is 5. The molecule has 1 saturated carbocycles. The van der Waals surface area contributed by atoms with Crippen LogP contribution < -0.4 is 5.73 Å². The molecular weight excluding hydrogens is 457 g/mol. The van der Waals surface area contributed by atoms with Gasteiger partial charge in [0.15, 0.2) is 0 Å². The first-order valence-electron chi connectivity index (χ1n) is 11.3. The molecule has 2 aromatic carbocycles. The predicted octanol–water partition coefficient (Wildman–Crippen LogP) is 4.62. The lowest BCUT2D eigenvalue weighted by atomic mass is 10.1. The van der Waals surface area contributed by atoms with E-state index in [0.29, 0.717) is 40.3 Å². The summed E-state index contributed by atoms with van der Waals surface area (Å²) in [7, 11) is 3.64. The van der Waals surface area contributed by atoms with Crippen molar-refractivity contribution in [2.24, 2.45) is 13.0 Å². The first-order chi connectivity index (χ1) is 16.6. The molecule has 10 heteroatoms. The van der Waals surface area contributed by atoms with Gasteiger partial charge in [0.1, 0.15) is 5.82 Å². The van der Waals surface area contributed by atoms with Crippen LogP contribution in [-0.4, -0.2) is 44.3 Å². The van der Waals surface area contributed by atoms with Crippen molar-refractivity contribution >= 4 is 33.5 Å². The van der Waals surface area contributed by atoms with E-state index < -0.39 is 11.7 Å². The quantitative estimate of drug-likeness (QED) is 0.406. The molecule has 182 valence electrons. The van der Waals surface area contributed by atoms with Gasteiger partial charge in [-0.1, -0.05) is 12.1 Å². The summed E-state index contributed by atoms with van der Waals surface area (Å²) in [6, 6.07) is 10.2. The van der Waals surface area contributed by atoms with E-state index in [1.165, 1.54) is 12.1 Å². The van der Waals surface area contributed by atoms with Gasteiger partial charge in [-0.05, 0) is 54.7 Å². The molecule has 0 atom stereocenters. The molecule has 35 heavy (non-hydrogen) atoms. The van der Waals surface area contributed by atoms with E-state index >= 15 is 0 Å². The smallest absolute Gasteiger partial charge is 0.383 e. The number of benzene rings is 2. The van der Waals surface area contributed by atoms with Gasteiger partial charge in [0.25, 0.3) is 5.91 Å². The van der Waals surface area contributed by atoms with Gasteiger partial charge in [0.05, 0.1) is 34.7 Å². The summed E-state index contributed by atoms with van der Waals surface area (Å²) in [6.07, 6.45) is -0.551. The Morgan fingerprint density at radius 1 is 1.14 bits per heavy atom. The van der Waals surface area contributed by atoms with Crippen molar-refractivity contribution in [3.8, 4) is 0 Å². The van der Waals surface area contributed by atoms with Crippen LogP contribution in [0.4, 0.5) is 19.0 Å². The second-order valence-electron chi connectivity index (χ2n) is 9.10. The van der Waals surface area contributed by atoms with E-state index in [1.807, 2.05) is 12.1 Å². The highest BCUT2D eigenvalue weighted by Gasteiger charge is 2.31. The number of pyridine rings is 1. The van der Waals surface area contributed by atoms with Crippen molar-refractivity contribution in [3.63, 3.8) is 0 Å². The fourth-order valence-electron chi connectivity index (χ4n) is 4.33. The molecule has 2 aromatic heterocycles. The fourth-order valence-corrected chi connectivity index (χ4v) is 4.33. The van der Waals surface area contributed by atoms with E-state index in [-0.39, 0.29) is 12.5 Å². The Bertz CT molecular complexity index is 1410. The third-order valence-electron chi connectivity index (χ3n) is 6.43. The van der Waals surface area contributed by atoms with Gasteiger partial charge in [-0.2, -0.15) is 18.3 Å². The Morgan fingerprint density at radius 2 is 1.86 bits per heavy atom. The number of halogens is 3. The summed E-state index contributed by atoms with van der Waals surface area (Å²) >= 11 is 0. The summed E-state index contributed by atoms with van der Waals surface area (Å²) in [5, 5.41) is 9.19. The Balaban J connectivity index is 1.51. The van der Waals surface area contributed by atoms with Crippen LogP contribution in [0.1, 0.15) is 34.3 Å². The highest BCUT2D eigenvalue weighted by molar-refractivity contribution is 6.10. The summed E-state index contributed by atoms with van der Waals surface area (Å²) in [4.78, 5) is 18.2. The van der Waals surface area contributed by atoms with Crippen molar-refractivity contribution in [2.75, 3.05) is 19.3 Å². The highest BCUT2D eigenvalue weighted by atomic mass is 19.4. The molecule has 1 aliphatic rings. The minimum absolute atomic E-state index is 0.152. The number of amides is 1. The third-order valence-corrected chi connectivity index (χ3v) is 6.43. The van der Waals surface area contributed by atoms with Crippen molar-refractivity contribution in [1.29, 1.82) is 0 Å². The van der Waals surface area contributed by atoms with Gasteiger partial charge in [-0.15, -0.1) is 0 Å². The van der Waals surface area contributed by atoms with Crippen LogP contribution in [-0.2, 0) is 19.8 Å². The SMILES string of the molecule is CN(CC1CC1)N(Cc1ccc(C(F)(F)F)cc1)C(=O)c1ccc2nc(N)c3cnn(C)c3c2c1. The number of nitrogen functional groups attached to an aromatic ring is 1. The van der Waals surface area contributed by atoms with Gasteiger partial charge < -0.3 is 5.73 Å². The average molecular weight is 483 g/mol. The van der Waals surface area contributed by atoms with E-state index in [9.17, 15) is 18.0 Å². The van der Waals surface area contributed by atoms with E-state index in [1.54, 1.807) is 41.1 Å². The molecule has 0 spiro atoms. The van der Waals surface area contributed by atoms with Crippen LogP contribution in [0.25, 0.3) is 21.8 Å². The summed E-state index contributed by atoms with van der Waals surface area (Å²) < 4.78 is 40.7. The average Bonchev–Trinajstić information content (AvgIpc) is 3.54. The monoisotopic (exact) mass is 482 g/mol. The van der Waals surface area contributed by atoms with E-state index in [0.717, 1.165) is 35.9 Å². The van der Waals surface area contributed by atoms with Crippen molar-refractivity contribution in [2.45, 2.75) is 25.6 Å². The topological polar surface area (TPSA) is 80.3 Å². The molecule has 2 N–H and O–H groups in total. The largest absolute Gasteiger partial charge is 0.416 e. The number of aryl methyl sites for hydroxylation is 1. The number of anilines is 1. The maximum absolute atomic E-state index is 13.7. The Morgan fingerprint density at radius 3 is 2.51 bits per heavy atom. The molecule has 4 aromatic rings. The zero-order valence-electron chi connectivity index (χ0n) is 19.4. The number of carbonyl (C=O) groups is 1. The minimum Gasteiger partial charge on any atom is -0.383 e. The molecule has 0 aliphatic heterocycles. The number of hydrogen-bond donors (Lipinski definition) is 1. The lowest BCUT2D eigenvalue weighted by Gasteiger charge is -2.32. The number of fused-ring (bicyclic) bond motifs is 3. The number of rotatable bonds is 6. The van der Waals surface area contributed by atoms with Gasteiger partial charge in [-0.25, -0.2) is 9.99 Å². The van der Waals surface area contributed by atoms with Crippen LogP contribution in [0.5, 0.6) is 0 Å². The van der Waals surface area contributed by atoms with E-state index in [4.69, 9.17) is 5.73 Å². The number of nitrogens with two attached hydrogens (primary N) is 1. The maximum atomic E-state index is 13.7. The van der Waals surface area contributed by atoms with Gasteiger partial charge in [0.2, 0.25) is 0 Å². The van der Waals surface area contributed by atoms with Crippen LogP contribution in [0.2, 0.25) is 0 Å². The number of hydrazine groups is 1. The van der Waals surface area contributed by atoms with Crippen molar-refractivity contribution in [1.82, 2.24) is 24.8 Å². The van der Waals surface area contributed by atoms with Gasteiger partial charge in [0, 0.05) is 31.6 Å². The molecule has 1 fully saturated rings. The Hall–Kier alpha value is -3.66. The lowest BCUT2D eigenvalue weighted by Crippen LogP contribution is -2.44. The van der Waals surface area contributed by atoms with Crippen LogP contribution in [0.15, 0.2) is 48.7 Å². The zero-order valence-corrected chi connectivity index (χ0v) is 19.4.